The van der Waals surface area contributed by atoms with E-state index in [1.807, 2.05) is 20.8 Å². The van der Waals surface area contributed by atoms with Gasteiger partial charge in [-0.05, 0) is 20.8 Å². The highest BCUT2D eigenvalue weighted by Crippen LogP contribution is 2.18. The molecule has 0 aliphatic carbocycles. The standard InChI is InChI=1S/C11H21NO4/c1-11(2,3)12-10(14)16-9-4-5-15-7-8(9)6-13/h8-9,13H,4-7H2,1-3H3,(H,12,14). The summed E-state index contributed by atoms with van der Waals surface area (Å²) in [6.45, 7) is 6.67. The van der Waals surface area contributed by atoms with Crippen LogP contribution in [0.25, 0.3) is 0 Å². The molecule has 0 radical (unpaired) electrons. The second-order valence-corrected chi connectivity index (χ2v) is 5.13. The fraction of sp³-hybridized carbons (Fsp3) is 0.909. The van der Waals surface area contributed by atoms with Crippen LogP contribution in [0.2, 0.25) is 0 Å². The van der Waals surface area contributed by atoms with Gasteiger partial charge in [-0.15, -0.1) is 0 Å². The fourth-order valence-corrected chi connectivity index (χ4v) is 1.58. The summed E-state index contributed by atoms with van der Waals surface area (Å²) in [7, 11) is 0. The van der Waals surface area contributed by atoms with Gasteiger partial charge in [-0.3, -0.25) is 0 Å². The summed E-state index contributed by atoms with van der Waals surface area (Å²) in [4.78, 5) is 11.5. The summed E-state index contributed by atoms with van der Waals surface area (Å²) in [6.07, 6.45) is -0.0399. The Kier molecular flexibility index (Phi) is 4.56. The van der Waals surface area contributed by atoms with E-state index < -0.39 is 6.09 Å². The third-order valence-corrected chi connectivity index (χ3v) is 2.37. The number of ether oxygens (including phenoxy) is 2. The third kappa shape index (κ3) is 4.37. The van der Waals surface area contributed by atoms with E-state index in [9.17, 15) is 4.79 Å². The Hall–Kier alpha value is -0.810. The number of nitrogens with one attached hydrogen (secondary N) is 1. The van der Waals surface area contributed by atoms with E-state index in [1.54, 1.807) is 0 Å². The zero-order chi connectivity index (χ0) is 12.2. The first-order valence-corrected chi connectivity index (χ1v) is 5.60. The molecule has 0 aromatic heterocycles. The molecule has 0 saturated carbocycles. The van der Waals surface area contributed by atoms with Crippen molar-refractivity contribution in [1.82, 2.24) is 5.32 Å². The SMILES string of the molecule is CC(C)(C)NC(=O)OC1CCOCC1CO. The quantitative estimate of drug-likeness (QED) is 0.741. The second kappa shape index (κ2) is 5.50. The average Bonchev–Trinajstić information content (AvgIpc) is 2.15. The number of alkyl carbamates (subject to hydrolysis) is 1. The molecule has 94 valence electrons. The molecule has 0 spiro atoms. The van der Waals surface area contributed by atoms with Crippen molar-refractivity contribution in [2.24, 2.45) is 5.92 Å². The molecule has 1 fully saturated rings. The highest BCUT2D eigenvalue weighted by molar-refractivity contribution is 5.68. The van der Waals surface area contributed by atoms with Gasteiger partial charge in [-0.25, -0.2) is 4.79 Å². The Labute approximate surface area is 96.1 Å². The van der Waals surface area contributed by atoms with Crippen molar-refractivity contribution in [2.45, 2.75) is 38.8 Å². The predicted molar refractivity (Wildman–Crippen MR) is 59.2 cm³/mol. The summed E-state index contributed by atoms with van der Waals surface area (Å²) in [5, 5.41) is 11.8. The molecule has 0 aromatic rings. The molecular formula is C11H21NO4. The van der Waals surface area contributed by atoms with E-state index >= 15 is 0 Å². The maximum Gasteiger partial charge on any atom is 0.407 e. The molecule has 1 amide bonds. The van der Waals surface area contributed by atoms with Crippen LogP contribution in [0.1, 0.15) is 27.2 Å². The minimum Gasteiger partial charge on any atom is -0.446 e. The van der Waals surface area contributed by atoms with E-state index in [4.69, 9.17) is 14.6 Å². The zero-order valence-electron chi connectivity index (χ0n) is 10.2. The Morgan fingerprint density at radius 1 is 1.56 bits per heavy atom. The van der Waals surface area contributed by atoms with Crippen molar-refractivity contribution in [3.63, 3.8) is 0 Å². The summed E-state index contributed by atoms with van der Waals surface area (Å²) < 4.78 is 10.5. The molecule has 1 rings (SSSR count). The van der Waals surface area contributed by atoms with Crippen LogP contribution >= 0.6 is 0 Å². The largest absolute Gasteiger partial charge is 0.446 e. The molecule has 2 N–H and O–H groups in total. The smallest absolute Gasteiger partial charge is 0.407 e. The first kappa shape index (κ1) is 13.3. The first-order chi connectivity index (χ1) is 7.42. The van der Waals surface area contributed by atoms with Gasteiger partial charge in [0, 0.05) is 17.9 Å². The normalized spacial score (nSPS) is 26.2. The minimum absolute atomic E-state index is 0.0204. The molecule has 2 unspecified atom stereocenters. The maximum absolute atomic E-state index is 11.5. The Morgan fingerprint density at radius 3 is 2.81 bits per heavy atom. The monoisotopic (exact) mass is 231 g/mol. The molecule has 0 bridgehead atoms. The topological polar surface area (TPSA) is 67.8 Å². The van der Waals surface area contributed by atoms with Crippen LogP contribution in [-0.4, -0.2) is 42.7 Å². The number of aliphatic hydroxyl groups excluding tert-OH is 1. The van der Waals surface area contributed by atoms with Gasteiger partial charge in [-0.2, -0.15) is 0 Å². The lowest BCUT2D eigenvalue weighted by Gasteiger charge is -2.31. The second-order valence-electron chi connectivity index (χ2n) is 5.13. The lowest BCUT2D eigenvalue weighted by atomic mass is 10.00. The van der Waals surface area contributed by atoms with Crippen molar-refractivity contribution in [3.8, 4) is 0 Å². The van der Waals surface area contributed by atoms with Gasteiger partial charge in [0.1, 0.15) is 6.10 Å². The van der Waals surface area contributed by atoms with Crippen LogP contribution in [0.15, 0.2) is 0 Å². The maximum atomic E-state index is 11.5. The summed E-state index contributed by atoms with van der Waals surface area (Å²) in [6, 6.07) is 0. The number of hydrogen-bond acceptors (Lipinski definition) is 4. The number of carbonyl (C=O) groups is 1. The van der Waals surface area contributed by atoms with Crippen LogP contribution in [0.4, 0.5) is 4.79 Å². The molecule has 1 aliphatic heterocycles. The number of hydrogen-bond donors (Lipinski definition) is 2. The van der Waals surface area contributed by atoms with Gasteiger partial charge in [0.05, 0.1) is 19.8 Å². The Morgan fingerprint density at radius 2 is 2.25 bits per heavy atom. The van der Waals surface area contributed by atoms with Crippen molar-refractivity contribution in [3.05, 3.63) is 0 Å². The molecular weight excluding hydrogens is 210 g/mol. The van der Waals surface area contributed by atoms with Crippen LogP contribution in [0.5, 0.6) is 0 Å². The third-order valence-electron chi connectivity index (χ3n) is 2.37. The van der Waals surface area contributed by atoms with Gasteiger partial charge in [0.15, 0.2) is 0 Å². The predicted octanol–water partition coefficient (Wildman–Crippen LogP) is 0.908. The Bertz CT molecular complexity index is 237. The minimum atomic E-state index is -0.433. The summed E-state index contributed by atoms with van der Waals surface area (Å²) in [5.41, 5.74) is -0.309. The molecule has 2 atom stereocenters. The molecule has 1 saturated heterocycles. The lowest BCUT2D eigenvalue weighted by molar-refractivity contribution is -0.0602. The van der Waals surface area contributed by atoms with Gasteiger partial charge in [0.25, 0.3) is 0 Å². The average molecular weight is 231 g/mol. The van der Waals surface area contributed by atoms with E-state index in [0.29, 0.717) is 19.6 Å². The number of aliphatic hydroxyl groups is 1. The molecule has 5 heteroatoms. The zero-order valence-corrected chi connectivity index (χ0v) is 10.2. The number of rotatable bonds is 2. The van der Waals surface area contributed by atoms with Gasteiger partial charge < -0.3 is 19.9 Å². The highest BCUT2D eigenvalue weighted by atomic mass is 16.6. The van der Waals surface area contributed by atoms with Gasteiger partial charge in [-0.1, -0.05) is 0 Å². The Balaban J connectivity index is 2.42. The fourth-order valence-electron chi connectivity index (χ4n) is 1.58. The van der Waals surface area contributed by atoms with Crippen LogP contribution in [0, 0.1) is 5.92 Å². The molecule has 1 aliphatic rings. The van der Waals surface area contributed by atoms with E-state index in [-0.39, 0.29) is 24.2 Å². The van der Waals surface area contributed by atoms with Crippen molar-refractivity contribution in [1.29, 1.82) is 0 Å². The van der Waals surface area contributed by atoms with Gasteiger partial charge in [0.2, 0.25) is 0 Å². The summed E-state index contributed by atoms with van der Waals surface area (Å²) >= 11 is 0. The van der Waals surface area contributed by atoms with Crippen LogP contribution in [0.3, 0.4) is 0 Å². The van der Waals surface area contributed by atoms with Crippen LogP contribution in [-0.2, 0) is 9.47 Å². The molecule has 16 heavy (non-hydrogen) atoms. The van der Waals surface area contributed by atoms with E-state index in [0.717, 1.165) is 0 Å². The summed E-state index contributed by atoms with van der Waals surface area (Å²) in [5.74, 6) is -0.112. The van der Waals surface area contributed by atoms with E-state index in [1.165, 1.54) is 0 Å². The van der Waals surface area contributed by atoms with Crippen molar-refractivity contribution < 1.29 is 19.4 Å². The van der Waals surface area contributed by atoms with E-state index in [2.05, 4.69) is 5.32 Å². The van der Waals surface area contributed by atoms with Crippen molar-refractivity contribution in [2.75, 3.05) is 19.8 Å². The number of carbonyl (C=O) groups excluding carboxylic acids is 1. The number of amides is 1. The molecule has 5 nitrogen and oxygen atoms in total. The van der Waals surface area contributed by atoms with Gasteiger partial charge >= 0.3 is 6.09 Å². The lowest BCUT2D eigenvalue weighted by Crippen LogP contribution is -2.45. The van der Waals surface area contributed by atoms with Crippen molar-refractivity contribution >= 4 is 6.09 Å². The molecule has 0 aromatic carbocycles. The molecule has 1 heterocycles. The first-order valence-electron chi connectivity index (χ1n) is 5.60. The van der Waals surface area contributed by atoms with Crippen LogP contribution < -0.4 is 5.32 Å². The highest BCUT2D eigenvalue weighted by Gasteiger charge is 2.29.